The Hall–Kier alpha value is -1.30. The second-order valence-corrected chi connectivity index (χ2v) is 5.45. The van der Waals surface area contributed by atoms with E-state index in [2.05, 4.69) is 10.5 Å². The van der Waals surface area contributed by atoms with Crippen molar-refractivity contribution in [3.8, 4) is 0 Å². The van der Waals surface area contributed by atoms with Crippen LogP contribution in [0.15, 0.2) is 5.16 Å². The van der Waals surface area contributed by atoms with Gasteiger partial charge in [0.2, 0.25) is 5.91 Å². The molecular formula is C13H23N3O3. The fourth-order valence-corrected chi connectivity index (χ4v) is 2.78. The van der Waals surface area contributed by atoms with Crippen LogP contribution in [0.25, 0.3) is 0 Å². The van der Waals surface area contributed by atoms with Crippen molar-refractivity contribution in [1.82, 2.24) is 5.32 Å². The Morgan fingerprint density at radius 1 is 1.42 bits per heavy atom. The molecular weight excluding hydrogens is 246 g/mol. The number of hydrogen-bond donors (Lipinski definition) is 3. The standard InChI is InChI=1S/C13H23N3O3/c14-11(16-18)13(6-3-7-13)12(17)15-8-5-10-4-1-2-9-19-10/h10,18H,1-9H2,(H2,14,16)(H,15,17). The molecule has 1 saturated carbocycles. The van der Waals surface area contributed by atoms with E-state index in [1.54, 1.807) is 0 Å². The van der Waals surface area contributed by atoms with Crippen molar-refractivity contribution in [3.05, 3.63) is 0 Å². The lowest BCUT2D eigenvalue weighted by molar-refractivity contribution is -0.131. The third-order valence-corrected chi connectivity index (χ3v) is 4.27. The van der Waals surface area contributed by atoms with E-state index in [1.165, 1.54) is 6.42 Å². The third kappa shape index (κ3) is 3.00. The minimum atomic E-state index is -0.776. The predicted molar refractivity (Wildman–Crippen MR) is 70.9 cm³/mol. The molecule has 0 aromatic carbocycles. The van der Waals surface area contributed by atoms with Crippen LogP contribution in [-0.4, -0.2) is 36.2 Å². The van der Waals surface area contributed by atoms with Gasteiger partial charge in [-0.3, -0.25) is 4.79 Å². The van der Waals surface area contributed by atoms with Crippen LogP contribution in [0.3, 0.4) is 0 Å². The number of ether oxygens (including phenoxy) is 1. The van der Waals surface area contributed by atoms with Gasteiger partial charge in [0.15, 0.2) is 5.84 Å². The Balaban J connectivity index is 1.77. The summed E-state index contributed by atoms with van der Waals surface area (Å²) in [6.07, 6.45) is 6.76. The first kappa shape index (κ1) is 14.1. The number of rotatable bonds is 5. The molecule has 1 heterocycles. The lowest BCUT2D eigenvalue weighted by atomic mass is 9.67. The van der Waals surface area contributed by atoms with E-state index >= 15 is 0 Å². The van der Waals surface area contributed by atoms with Crippen LogP contribution >= 0.6 is 0 Å². The van der Waals surface area contributed by atoms with Gasteiger partial charge in [-0.15, -0.1) is 0 Å². The lowest BCUT2D eigenvalue weighted by Gasteiger charge is -2.38. The van der Waals surface area contributed by atoms with E-state index in [0.717, 1.165) is 32.3 Å². The molecule has 1 aliphatic heterocycles. The van der Waals surface area contributed by atoms with Gasteiger partial charge >= 0.3 is 0 Å². The molecule has 1 amide bonds. The number of amides is 1. The Morgan fingerprint density at radius 2 is 2.21 bits per heavy atom. The fraction of sp³-hybridized carbons (Fsp3) is 0.846. The molecule has 1 aliphatic carbocycles. The van der Waals surface area contributed by atoms with E-state index < -0.39 is 5.41 Å². The molecule has 2 fully saturated rings. The quantitative estimate of drug-likeness (QED) is 0.300. The van der Waals surface area contributed by atoms with Crippen LogP contribution in [0, 0.1) is 5.41 Å². The second kappa shape index (κ2) is 6.23. The first-order valence-corrected chi connectivity index (χ1v) is 7.07. The molecule has 0 spiro atoms. The lowest BCUT2D eigenvalue weighted by Crippen LogP contribution is -2.54. The highest BCUT2D eigenvalue weighted by atomic mass is 16.5. The summed E-state index contributed by atoms with van der Waals surface area (Å²) >= 11 is 0. The van der Waals surface area contributed by atoms with Crippen molar-refractivity contribution in [2.24, 2.45) is 16.3 Å². The zero-order valence-electron chi connectivity index (χ0n) is 11.2. The number of nitrogens with one attached hydrogen (secondary N) is 1. The minimum Gasteiger partial charge on any atom is -0.409 e. The second-order valence-electron chi connectivity index (χ2n) is 5.45. The highest BCUT2D eigenvalue weighted by Crippen LogP contribution is 2.41. The van der Waals surface area contributed by atoms with Crippen LogP contribution in [0.4, 0.5) is 0 Å². The first-order valence-electron chi connectivity index (χ1n) is 7.07. The highest BCUT2D eigenvalue weighted by molar-refractivity contribution is 6.07. The van der Waals surface area contributed by atoms with E-state index in [0.29, 0.717) is 19.4 Å². The Labute approximate surface area is 113 Å². The maximum Gasteiger partial charge on any atom is 0.233 e. The van der Waals surface area contributed by atoms with Crippen molar-refractivity contribution in [3.63, 3.8) is 0 Å². The number of carbonyl (C=O) groups excluding carboxylic acids is 1. The number of carbonyl (C=O) groups is 1. The van der Waals surface area contributed by atoms with Crippen LogP contribution in [-0.2, 0) is 9.53 Å². The third-order valence-electron chi connectivity index (χ3n) is 4.27. The largest absolute Gasteiger partial charge is 0.409 e. The molecule has 2 rings (SSSR count). The summed E-state index contributed by atoms with van der Waals surface area (Å²) in [5.74, 6) is -0.0879. The molecule has 1 unspecified atom stereocenters. The molecule has 0 aromatic heterocycles. The van der Waals surface area contributed by atoms with Gasteiger partial charge < -0.3 is 21.0 Å². The van der Waals surface area contributed by atoms with Crippen molar-refractivity contribution in [2.75, 3.05) is 13.2 Å². The molecule has 1 saturated heterocycles. The van der Waals surface area contributed by atoms with E-state index in [4.69, 9.17) is 15.7 Å². The Bertz CT molecular complexity index is 347. The number of nitrogens with two attached hydrogens (primary N) is 1. The highest BCUT2D eigenvalue weighted by Gasteiger charge is 2.48. The first-order chi connectivity index (χ1) is 9.19. The monoisotopic (exact) mass is 269 g/mol. The van der Waals surface area contributed by atoms with Crippen LogP contribution < -0.4 is 11.1 Å². The molecule has 0 bridgehead atoms. The van der Waals surface area contributed by atoms with Gasteiger partial charge in [0.1, 0.15) is 5.41 Å². The van der Waals surface area contributed by atoms with Gasteiger partial charge in [0.25, 0.3) is 0 Å². The fourth-order valence-electron chi connectivity index (χ4n) is 2.78. The minimum absolute atomic E-state index is 0.0326. The summed E-state index contributed by atoms with van der Waals surface area (Å²) in [5.41, 5.74) is 4.87. The zero-order valence-corrected chi connectivity index (χ0v) is 11.2. The normalized spacial score (nSPS) is 26.5. The molecule has 4 N–H and O–H groups in total. The van der Waals surface area contributed by atoms with Gasteiger partial charge in [-0.2, -0.15) is 0 Å². The van der Waals surface area contributed by atoms with Crippen LogP contribution in [0.1, 0.15) is 44.9 Å². The number of amidine groups is 1. The average molecular weight is 269 g/mol. The summed E-state index contributed by atoms with van der Waals surface area (Å²) in [5, 5.41) is 14.7. The van der Waals surface area contributed by atoms with Gasteiger partial charge in [-0.05, 0) is 38.5 Å². The molecule has 19 heavy (non-hydrogen) atoms. The number of nitrogens with zero attached hydrogens (tertiary/aromatic N) is 1. The number of hydrogen-bond acceptors (Lipinski definition) is 4. The SMILES string of the molecule is NC(=NO)C1(C(=O)NCCC2CCCCO2)CCC1. The maximum atomic E-state index is 12.2. The number of oxime groups is 1. The van der Waals surface area contributed by atoms with Crippen molar-refractivity contribution >= 4 is 11.7 Å². The van der Waals surface area contributed by atoms with Crippen LogP contribution in [0.2, 0.25) is 0 Å². The summed E-state index contributed by atoms with van der Waals surface area (Å²) in [4.78, 5) is 12.2. The molecule has 0 aromatic rings. The molecule has 0 radical (unpaired) electrons. The Morgan fingerprint density at radius 3 is 2.74 bits per heavy atom. The van der Waals surface area contributed by atoms with E-state index in [1.807, 2.05) is 0 Å². The smallest absolute Gasteiger partial charge is 0.233 e. The van der Waals surface area contributed by atoms with Gasteiger partial charge in [-0.1, -0.05) is 11.6 Å². The average Bonchev–Trinajstić information content (AvgIpc) is 2.38. The van der Waals surface area contributed by atoms with E-state index in [9.17, 15) is 4.79 Å². The zero-order chi connectivity index (χ0) is 13.7. The summed E-state index contributed by atoms with van der Waals surface area (Å²) in [7, 11) is 0. The molecule has 6 heteroatoms. The molecule has 6 nitrogen and oxygen atoms in total. The van der Waals surface area contributed by atoms with Gasteiger partial charge in [0, 0.05) is 13.2 Å². The molecule has 2 aliphatic rings. The van der Waals surface area contributed by atoms with Gasteiger partial charge in [0.05, 0.1) is 6.10 Å². The van der Waals surface area contributed by atoms with Crippen LogP contribution in [0.5, 0.6) is 0 Å². The van der Waals surface area contributed by atoms with E-state index in [-0.39, 0.29) is 17.8 Å². The maximum absolute atomic E-state index is 12.2. The van der Waals surface area contributed by atoms with Crippen molar-refractivity contribution in [2.45, 2.75) is 51.0 Å². The topological polar surface area (TPSA) is 96.9 Å². The summed E-state index contributed by atoms with van der Waals surface area (Å²) < 4.78 is 5.61. The summed E-state index contributed by atoms with van der Waals surface area (Å²) in [6.45, 7) is 1.41. The Kier molecular flexibility index (Phi) is 4.63. The summed E-state index contributed by atoms with van der Waals surface area (Å²) in [6, 6.07) is 0. The molecule has 1 atom stereocenters. The van der Waals surface area contributed by atoms with Gasteiger partial charge in [-0.25, -0.2) is 0 Å². The van der Waals surface area contributed by atoms with Crippen molar-refractivity contribution in [1.29, 1.82) is 0 Å². The van der Waals surface area contributed by atoms with Crippen molar-refractivity contribution < 1.29 is 14.7 Å². The molecule has 108 valence electrons. The predicted octanol–water partition coefficient (Wildman–Crippen LogP) is 0.978.